The van der Waals surface area contributed by atoms with Crippen molar-refractivity contribution in [3.63, 3.8) is 0 Å². The number of nitriles is 1. The van der Waals surface area contributed by atoms with Crippen molar-refractivity contribution in [2.24, 2.45) is 0 Å². The molecule has 21 heavy (non-hydrogen) atoms. The van der Waals surface area contributed by atoms with Crippen molar-refractivity contribution < 1.29 is 9.84 Å². The van der Waals surface area contributed by atoms with E-state index in [0.717, 1.165) is 13.0 Å². The maximum Gasteiger partial charge on any atom is 0.137 e. The second-order valence-corrected chi connectivity index (χ2v) is 5.44. The Balaban J connectivity index is 1.65. The lowest BCUT2D eigenvalue weighted by molar-refractivity contribution is 0.106. The highest BCUT2D eigenvalue weighted by Crippen LogP contribution is 2.16. The highest BCUT2D eigenvalue weighted by atomic mass is 32.1. The van der Waals surface area contributed by atoms with Gasteiger partial charge in [0.05, 0.1) is 5.56 Å². The zero-order valence-electron chi connectivity index (χ0n) is 11.7. The van der Waals surface area contributed by atoms with Crippen molar-refractivity contribution in [2.75, 3.05) is 19.7 Å². The molecule has 5 heteroatoms. The summed E-state index contributed by atoms with van der Waals surface area (Å²) in [4.78, 5) is 0. The Labute approximate surface area is 128 Å². The number of rotatable bonds is 8. The average Bonchev–Trinajstić information content (AvgIpc) is 3.03. The quantitative estimate of drug-likeness (QED) is 0.734. The molecule has 1 atom stereocenters. The molecule has 0 spiro atoms. The van der Waals surface area contributed by atoms with Crippen LogP contribution in [0.2, 0.25) is 0 Å². The van der Waals surface area contributed by atoms with Crippen LogP contribution in [0.4, 0.5) is 0 Å². The molecule has 110 valence electrons. The third-order valence-electron chi connectivity index (χ3n) is 2.99. The van der Waals surface area contributed by atoms with E-state index >= 15 is 0 Å². The van der Waals surface area contributed by atoms with E-state index in [1.807, 2.05) is 6.07 Å². The fourth-order valence-electron chi connectivity index (χ4n) is 1.87. The number of benzene rings is 1. The van der Waals surface area contributed by atoms with Gasteiger partial charge in [-0.05, 0) is 47.5 Å². The highest BCUT2D eigenvalue weighted by Gasteiger charge is 2.07. The highest BCUT2D eigenvalue weighted by molar-refractivity contribution is 7.07. The Hall–Kier alpha value is -1.87. The van der Waals surface area contributed by atoms with Crippen LogP contribution in [-0.2, 0) is 6.42 Å². The number of hydrogen-bond acceptors (Lipinski definition) is 5. The summed E-state index contributed by atoms with van der Waals surface area (Å²) in [6, 6.07) is 11.2. The summed E-state index contributed by atoms with van der Waals surface area (Å²) in [5, 5.41) is 26.2. The molecule has 4 nitrogen and oxygen atoms in total. The molecule has 1 heterocycles. The van der Waals surface area contributed by atoms with Crippen LogP contribution < -0.4 is 10.1 Å². The number of hydrogen-bond donors (Lipinski definition) is 2. The fraction of sp³-hybridized carbons (Fsp3) is 0.312. The first-order chi connectivity index (χ1) is 10.3. The van der Waals surface area contributed by atoms with Crippen LogP contribution in [0.5, 0.6) is 5.75 Å². The largest absolute Gasteiger partial charge is 0.489 e. The first kappa shape index (κ1) is 15.5. The Bertz CT molecular complexity index is 578. The maximum atomic E-state index is 9.86. The molecule has 0 fully saturated rings. The van der Waals surface area contributed by atoms with Gasteiger partial charge in [-0.1, -0.05) is 12.1 Å². The first-order valence-electron chi connectivity index (χ1n) is 6.81. The second kappa shape index (κ2) is 8.42. The van der Waals surface area contributed by atoms with E-state index in [9.17, 15) is 5.11 Å². The molecule has 0 saturated carbocycles. The lowest BCUT2D eigenvalue weighted by Crippen LogP contribution is -2.32. The predicted molar refractivity (Wildman–Crippen MR) is 83.6 cm³/mol. The van der Waals surface area contributed by atoms with Crippen molar-refractivity contribution in [1.29, 1.82) is 5.26 Å². The Morgan fingerprint density at radius 3 is 2.95 bits per heavy atom. The molecule has 0 aliphatic rings. The Morgan fingerprint density at radius 2 is 2.19 bits per heavy atom. The Morgan fingerprint density at radius 1 is 1.33 bits per heavy atom. The molecule has 2 N–H and O–H groups in total. The van der Waals surface area contributed by atoms with Crippen LogP contribution in [-0.4, -0.2) is 30.9 Å². The molecule has 1 aromatic carbocycles. The van der Waals surface area contributed by atoms with E-state index in [4.69, 9.17) is 10.00 Å². The van der Waals surface area contributed by atoms with Crippen molar-refractivity contribution in [2.45, 2.75) is 12.5 Å². The summed E-state index contributed by atoms with van der Waals surface area (Å²) < 4.78 is 5.48. The van der Waals surface area contributed by atoms with Gasteiger partial charge in [0, 0.05) is 6.54 Å². The van der Waals surface area contributed by atoms with Crippen LogP contribution in [0.1, 0.15) is 11.1 Å². The summed E-state index contributed by atoms with van der Waals surface area (Å²) in [6.07, 6.45) is 0.355. The maximum absolute atomic E-state index is 9.86. The van der Waals surface area contributed by atoms with E-state index < -0.39 is 6.10 Å². The fourth-order valence-corrected chi connectivity index (χ4v) is 2.57. The number of aliphatic hydroxyl groups is 1. The van der Waals surface area contributed by atoms with Crippen molar-refractivity contribution in [1.82, 2.24) is 5.32 Å². The van der Waals surface area contributed by atoms with Crippen molar-refractivity contribution in [3.8, 4) is 11.8 Å². The van der Waals surface area contributed by atoms with E-state index in [1.54, 1.807) is 29.5 Å². The molecule has 0 aliphatic heterocycles. The van der Waals surface area contributed by atoms with Gasteiger partial charge in [-0.2, -0.15) is 16.6 Å². The number of para-hydroxylation sites is 1. The molecule has 0 radical (unpaired) electrons. The minimum absolute atomic E-state index is 0.171. The minimum atomic E-state index is -0.598. The number of nitrogens with one attached hydrogen (secondary N) is 1. The lowest BCUT2D eigenvalue weighted by atomic mass is 10.2. The van der Waals surface area contributed by atoms with Crippen molar-refractivity contribution >= 4 is 11.3 Å². The van der Waals surface area contributed by atoms with Gasteiger partial charge in [0.15, 0.2) is 0 Å². The standard InChI is InChI=1S/C16H18N2O2S/c17-9-14-3-1-2-4-16(14)20-11-15(19)10-18-7-5-13-6-8-21-12-13/h1-4,6,8,12,15,18-19H,5,7,10-11H2. The van der Waals surface area contributed by atoms with Crippen LogP contribution in [0.25, 0.3) is 0 Å². The van der Waals surface area contributed by atoms with Gasteiger partial charge in [-0.3, -0.25) is 0 Å². The molecule has 2 aromatic rings. The zero-order valence-corrected chi connectivity index (χ0v) is 12.5. The molecule has 1 unspecified atom stereocenters. The molecular weight excluding hydrogens is 284 g/mol. The molecule has 1 aromatic heterocycles. The Kier molecular flexibility index (Phi) is 6.22. The van der Waals surface area contributed by atoms with Gasteiger partial charge >= 0.3 is 0 Å². The molecule has 0 amide bonds. The third-order valence-corrected chi connectivity index (χ3v) is 3.72. The number of thiophene rings is 1. The number of nitrogens with zero attached hydrogens (tertiary/aromatic N) is 1. The van der Waals surface area contributed by atoms with Gasteiger partial charge in [0.1, 0.15) is 24.5 Å². The predicted octanol–water partition coefficient (Wildman–Crippen LogP) is 2.19. The van der Waals surface area contributed by atoms with Crippen LogP contribution >= 0.6 is 11.3 Å². The van der Waals surface area contributed by atoms with Gasteiger partial charge in [0.25, 0.3) is 0 Å². The smallest absolute Gasteiger partial charge is 0.137 e. The number of ether oxygens (including phenoxy) is 1. The van der Waals surface area contributed by atoms with E-state index in [2.05, 4.69) is 28.2 Å². The molecule has 0 bridgehead atoms. The first-order valence-corrected chi connectivity index (χ1v) is 7.75. The zero-order chi connectivity index (χ0) is 14.9. The molecular formula is C16H18N2O2S. The molecule has 0 saturated heterocycles. The van der Waals surface area contributed by atoms with Crippen LogP contribution in [0.3, 0.4) is 0 Å². The van der Waals surface area contributed by atoms with Gasteiger partial charge in [-0.15, -0.1) is 0 Å². The normalized spacial score (nSPS) is 11.8. The van der Waals surface area contributed by atoms with E-state index in [-0.39, 0.29) is 6.61 Å². The lowest BCUT2D eigenvalue weighted by Gasteiger charge is -2.13. The van der Waals surface area contributed by atoms with Gasteiger partial charge in [0.2, 0.25) is 0 Å². The third kappa shape index (κ3) is 5.20. The van der Waals surface area contributed by atoms with Crippen LogP contribution in [0, 0.1) is 11.3 Å². The summed E-state index contributed by atoms with van der Waals surface area (Å²) in [5.74, 6) is 0.511. The van der Waals surface area contributed by atoms with E-state index in [1.165, 1.54) is 5.56 Å². The molecule has 0 aliphatic carbocycles. The summed E-state index contributed by atoms with van der Waals surface area (Å²) in [5.41, 5.74) is 1.79. The average molecular weight is 302 g/mol. The van der Waals surface area contributed by atoms with Gasteiger partial charge in [-0.25, -0.2) is 0 Å². The summed E-state index contributed by atoms with van der Waals surface area (Å²) in [6.45, 7) is 1.46. The topological polar surface area (TPSA) is 65.3 Å². The van der Waals surface area contributed by atoms with E-state index in [0.29, 0.717) is 17.9 Å². The number of aliphatic hydroxyl groups excluding tert-OH is 1. The summed E-state index contributed by atoms with van der Waals surface area (Å²) in [7, 11) is 0. The minimum Gasteiger partial charge on any atom is -0.489 e. The SMILES string of the molecule is N#Cc1ccccc1OCC(O)CNCCc1ccsc1. The van der Waals surface area contributed by atoms with Gasteiger partial charge < -0.3 is 15.2 Å². The molecule has 2 rings (SSSR count). The summed E-state index contributed by atoms with van der Waals surface area (Å²) >= 11 is 1.69. The van der Waals surface area contributed by atoms with Crippen LogP contribution in [0.15, 0.2) is 41.1 Å². The monoisotopic (exact) mass is 302 g/mol. The second-order valence-electron chi connectivity index (χ2n) is 4.66. The van der Waals surface area contributed by atoms with Crippen molar-refractivity contribution in [3.05, 3.63) is 52.2 Å².